The number of rotatable bonds is 3. The zero-order chi connectivity index (χ0) is 14.0. The van der Waals surface area contributed by atoms with E-state index in [1.807, 2.05) is 32.0 Å². The lowest BCUT2D eigenvalue weighted by atomic mass is 9.92. The van der Waals surface area contributed by atoms with Crippen molar-refractivity contribution in [1.82, 2.24) is 9.55 Å². The Morgan fingerprint density at radius 1 is 1.37 bits per heavy atom. The van der Waals surface area contributed by atoms with E-state index in [9.17, 15) is 10.1 Å². The molecule has 0 N–H and O–H groups in total. The van der Waals surface area contributed by atoms with E-state index in [4.69, 9.17) is 0 Å². The molecule has 0 aliphatic carbocycles. The largest absolute Gasteiger partial charge is 0.340 e. The molecule has 1 atom stereocenters. The zero-order valence-electron chi connectivity index (χ0n) is 11.2. The number of benzene rings is 1. The van der Waals surface area contributed by atoms with Crippen LogP contribution in [-0.4, -0.2) is 15.3 Å². The van der Waals surface area contributed by atoms with Crippen molar-refractivity contribution < 1.29 is 4.79 Å². The molecule has 4 nitrogen and oxygen atoms in total. The fourth-order valence-electron chi connectivity index (χ4n) is 1.92. The van der Waals surface area contributed by atoms with Crippen LogP contribution in [0.15, 0.2) is 30.7 Å². The number of imidazole rings is 1. The van der Waals surface area contributed by atoms with Gasteiger partial charge in [-0.05, 0) is 30.5 Å². The summed E-state index contributed by atoms with van der Waals surface area (Å²) in [5.74, 6) is -1.06. The third kappa shape index (κ3) is 2.55. The number of aromatic nitrogens is 2. The Labute approximate surface area is 112 Å². The van der Waals surface area contributed by atoms with E-state index in [1.165, 1.54) is 0 Å². The highest BCUT2D eigenvalue weighted by atomic mass is 16.1. The van der Waals surface area contributed by atoms with Crippen LogP contribution >= 0.6 is 0 Å². The van der Waals surface area contributed by atoms with Gasteiger partial charge in [0.05, 0.1) is 12.4 Å². The standard InChI is InChI=1S/C15H15N3O/c1-10-4-5-12(6-11(10)2)13(7-16)15(19)14-8-18(3)9-17-14/h4-6,8-9,13H,1-3H3. The number of carbonyl (C=O) groups excluding carboxylic acids is 1. The van der Waals surface area contributed by atoms with E-state index in [1.54, 1.807) is 24.1 Å². The van der Waals surface area contributed by atoms with E-state index in [0.29, 0.717) is 5.69 Å². The first-order chi connectivity index (χ1) is 9.02. The molecule has 0 radical (unpaired) electrons. The van der Waals surface area contributed by atoms with Gasteiger partial charge >= 0.3 is 0 Å². The highest BCUT2D eigenvalue weighted by Gasteiger charge is 2.23. The van der Waals surface area contributed by atoms with Gasteiger partial charge in [-0.25, -0.2) is 4.98 Å². The second-order valence-electron chi connectivity index (χ2n) is 4.69. The summed E-state index contributed by atoms with van der Waals surface area (Å²) in [5.41, 5.74) is 3.27. The van der Waals surface area contributed by atoms with Crippen molar-refractivity contribution in [2.24, 2.45) is 7.05 Å². The summed E-state index contributed by atoms with van der Waals surface area (Å²) in [6.07, 6.45) is 3.19. The van der Waals surface area contributed by atoms with Crippen LogP contribution in [0.4, 0.5) is 0 Å². The molecule has 0 aliphatic rings. The van der Waals surface area contributed by atoms with Crippen molar-refractivity contribution in [2.75, 3.05) is 0 Å². The average molecular weight is 253 g/mol. The van der Waals surface area contributed by atoms with Gasteiger partial charge in [0.25, 0.3) is 0 Å². The van der Waals surface area contributed by atoms with Crippen molar-refractivity contribution in [3.05, 3.63) is 53.1 Å². The van der Waals surface area contributed by atoms with Crippen LogP contribution < -0.4 is 0 Å². The molecule has 2 rings (SSSR count). The molecular weight excluding hydrogens is 238 g/mol. The van der Waals surface area contributed by atoms with Crippen LogP contribution in [0.2, 0.25) is 0 Å². The van der Waals surface area contributed by atoms with Crippen LogP contribution in [0.5, 0.6) is 0 Å². The van der Waals surface area contributed by atoms with Crippen molar-refractivity contribution in [2.45, 2.75) is 19.8 Å². The first-order valence-corrected chi connectivity index (χ1v) is 6.02. The second kappa shape index (κ2) is 5.07. The first kappa shape index (κ1) is 13.0. The summed E-state index contributed by atoms with van der Waals surface area (Å²) >= 11 is 0. The number of nitriles is 1. The minimum atomic E-state index is -0.797. The molecule has 1 aromatic carbocycles. The minimum Gasteiger partial charge on any atom is -0.340 e. The molecule has 0 amide bonds. The Balaban J connectivity index is 2.37. The second-order valence-corrected chi connectivity index (χ2v) is 4.69. The normalized spacial score (nSPS) is 11.9. The molecular formula is C15H15N3O. The average Bonchev–Trinajstić information content (AvgIpc) is 2.81. The smallest absolute Gasteiger partial charge is 0.204 e. The Kier molecular flexibility index (Phi) is 3.48. The molecule has 4 heteroatoms. The van der Waals surface area contributed by atoms with E-state index < -0.39 is 5.92 Å². The van der Waals surface area contributed by atoms with E-state index in [2.05, 4.69) is 11.1 Å². The molecule has 0 fully saturated rings. The van der Waals surface area contributed by atoms with Gasteiger partial charge in [0.1, 0.15) is 11.6 Å². The summed E-state index contributed by atoms with van der Waals surface area (Å²) in [4.78, 5) is 16.3. The third-order valence-corrected chi connectivity index (χ3v) is 3.21. The van der Waals surface area contributed by atoms with E-state index >= 15 is 0 Å². The predicted octanol–water partition coefficient (Wildman–Crippen LogP) is 2.53. The summed E-state index contributed by atoms with van der Waals surface area (Å²) in [5, 5.41) is 9.27. The minimum absolute atomic E-state index is 0.258. The molecule has 1 unspecified atom stereocenters. The maximum absolute atomic E-state index is 12.3. The Hall–Kier alpha value is -2.41. The number of hydrogen-bond donors (Lipinski definition) is 0. The lowest BCUT2D eigenvalue weighted by Gasteiger charge is -2.09. The van der Waals surface area contributed by atoms with E-state index in [-0.39, 0.29) is 5.78 Å². The van der Waals surface area contributed by atoms with Gasteiger partial charge in [0.2, 0.25) is 5.78 Å². The molecule has 19 heavy (non-hydrogen) atoms. The quantitative estimate of drug-likeness (QED) is 0.790. The van der Waals surface area contributed by atoms with Gasteiger partial charge in [0.15, 0.2) is 0 Å². The topological polar surface area (TPSA) is 58.7 Å². The van der Waals surface area contributed by atoms with E-state index in [0.717, 1.165) is 16.7 Å². The van der Waals surface area contributed by atoms with Crippen molar-refractivity contribution >= 4 is 5.78 Å². The first-order valence-electron chi connectivity index (χ1n) is 6.02. The zero-order valence-corrected chi connectivity index (χ0v) is 11.2. The maximum atomic E-state index is 12.3. The lowest BCUT2D eigenvalue weighted by molar-refractivity contribution is 0.0974. The van der Waals surface area contributed by atoms with Gasteiger partial charge in [-0.2, -0.15) is 5.26 Å². The molecule has 2 aromatic rings. The third-order valence-electron chi connectivity index (χ3n) is 3.21. The van der Waals surface area contributed by atoms with Gasteiger partial charge in [-0.1, -0.05) is 18.2 Å². The van der Waals surface area contributed by atoms with Crippen LogP contribution in [-0.2, 0) is 7.05 Å². The highest BCUT2D eigenvalue weighted by molar-refractivity contribution is 6.01. The van der Waals surface area contributed by atoms with Crippen molar-refractivity contribution in [1.29, 1.82) is 5.26 Å². The van der Waals surface area contributed by atoms with Crippen LogP contribution in [0.3, 0.4) is 0 Å². The highest BCUT2D eigenvalue weighted by Crippen LogP contribution is 2.22. The predicted molar refractivity (Wildman–Crippen MR) is 71.8 cm³/mol. The Bertz CT molecular complexity index is 664. The summed E-state index contributed by atoms with van der Waals surface area (Å²) in [6, 6.07) is 7.73. The molecule has 0 spiro atoms. The number of ketones is 1. The Morgan fingerprint density at radius 2 is 2.11 bits per heavy atom. The lowest BCUT2D eigenvalue weighted by Crippen LogP contribution is -2.12. The fourth-order valence-corrected chi connectivity index (χ4v) is 1.92. The monoisotopic (exact) mass is 253 g/mol. The molecule has 0 aliphatic heterocycles. The molecule has 1 heterocycles. The summed E-state index contributed by atoms with van der Waals surface area (Å²) in [7, 11) is 1.79. The van der Waals surface area contributed by atoms with Crippen LogP contribution in [0.1, 0.15) is 33.1 Å². The fraction of sp³-hybridized carbons (Fsp3) is 0.267. The van der Waals surface area contributed by atoms with Gasteiger partial charge in [-0.15, -0.1) is 0 Å². The molecule has 0 saturated carbocycles. The maximum Gasteiger partial charge on any atom is 0.204 e. The number of aryl methyl sites for hydroxylation is 3. The number of nitrogens with zero attached hydrogens (tertiary/aromatic N) is 3. The molecule has 96 valence electrons. The number of Topliss-reactive ketones (excluding diaryl/α,β-unsaturated/α-hetero) is 1. The summed E-state index contributed by atoms with van der Waals surface area (Å²) in [6.45, 7) is 3.97. The van der Waals surface area contributed by atoms with Gasteiger partial charge < -0.3 is 4.57 Å². The van der Waals surface area contributed by atoms with Crippen LogP contribution in [0.25, 0.3) is 0 Å². The molecule has 1 aromatic heterocycles. The SMILES string of the molecule is Cc1ccc(C(C#N)C(=O)c2cn(C)cn2)cc1C. The summed E-state index contributed by atoms with van der Waals surface area (Å²) < 4.78 is 1.70. The van der Waals surface area contributed by atoms with Crippen LogP contribution in [0, 0.1) is 25.2 Å². The van der Waals surface area contributed by atoms with Crippen molar-refractivity contribution in [3.8, 4) is 6.07 Å². The molecule has 0 saturated heterocycles. The Morgan fingerprint density at radius 3 is 2.63 bits per heavy atom. The number of hydrogen-bond acceptors (Lipinski definition) is 3. The van der Waals surface area contributed by atoms with Gasteiger partial charge in [0, 0.05) is 13.2 Å². The number of carbonyl (C=O) groups is 1. The van der Waals surface area contributed by atoms with Gasteiger partial charge in [-0.3, -0.25) is 4.79 Å². The molecule has 0 bridgehead atoms. The van der Waals surface area contributed by atoms with Crippen molar-refractivity contribution in [3.63, 3.8) is 0 Å².